The van der Waals surface area contributed by atoms with Gasteiger partial charge in [0.25, 0.3) is 0 Å². The second-order valence-corrected chi connectivity index (χ2v) is 2.29. The molecule has 0 bridgehead atoms. The van der Waals surface area contributed by atoms with Gasteiger partial charge in [0.2, 0.25) is 0 Å². The molecular weight excluding hydrogens is 146 g/mol. The van der Waals surface area contributed by atoms with Crippen molar-refractivity contribution in [2.45, 2.75) is 6.10 Å². The lowest BCUT2D eigenvalue weighted by molar-refractivity contribution is 0.128. The quantitative estimate of drug-likeness (QED) is 0.656. The summed E-state index contributed by atoms with van der Waals surface area (Å²) in [6.07, 6.45) is 0.922. The molecular formula is C7H7NO3. The van der Waals surface area contributed by atoms with Gasteiger partial charge in [0, 0.05) is 0 Å². The number of furan rings is 1. The third-order valence-corrected chi connectivity index (χ3v) is 1.54. The van der Waals surface area contributed by atoms with Gasteiger partial charge < -0.3 is 14.5 Å². The van der Waals surface area contributed by atoms with Crippen LogP contribution in [0.5, 0.6) is 0 Å². The van der Waals surface area contributed by atoms with E-state index in [1.807, 2.05) is 0 Å². The summed E-state index contributed by atoms with van der Waals surface area (Å²) in [6, 6.07) is 3.55. The number of amides is 1. The van der Waals surface area contributed by atoms with E-state index in [1.165, 1.54) is 0 Å². The van der Waals surface area contributed by atoms with E-state index in [4.69, 9.17) is 9.15 Å². The van der Waals surface area contributed by atoms with Crippen LogP contribution in [0.4, 0.5) is 4.79 Å². The number of alkyl carbamates (subject to hydrolysis) is 1. The summed E-state index contributed by atoms with van der Waals surface area (Å²) in [5.41, 5.74) is 0. The molecule has 1 aliphatic rings. The highest BCUT2D eigenvalue weighted by atomic mass is 16.6. The Balaban J connectivity index is 2.13. The number of hydrogen-bond acceptors (Lipinski definition) is 3. The first kappa shape index (κ1) is 6.27. The van der Waals surface area contributed by atoms with Gasteiger partial charge in [-0.3, -0.25) is 0 Å². The van der Waals surface area contributed by atoms with Gasteiger partial charge in [0.05, 0.1) is 12.8 Å². The molecule has 1 saturated heterocycles. The molecule has 0 radical (unpaired) electrons. The van der Waals surface area contributed by atoms with Crippen LogP contribution < -0.4 is 5.32 Å². The van der Waals surface area contributed by atoms with E-state index in [0.29, 0.717) is 12.3 Å². The Bertz CT molecular complexity index is 255. The predicted molar refractivity (Wildman–Crippen MR) is 35.9 cm³/mol. The molecule has 1 N–H and O–H groups in total. The SMILES string of the molecule is O=C1NC[C@H](c2ccco2)O1. The molecule has 4 heteroatoms. The molecule has 1 atom stereocenters. The number of cyclic esters (lactones) is 1. The summed E-state index contributed by atoms with van der Waals surface area (Å²) in [5, 5.41) is 2.54. The van der Waals surface area contributed by atoms with Gasteiger partial charge >= 0.3 is 6.09 Å². The fraction of sp³-hybridized carbons (Fsp3) is 0.286. The fourth-order valence-electron chi connectivity index (χ4n) is 1.02. The topological polar surface area (TPSA) is 51.5 Å². The second-order valence-electron chi connectivity index (χ2n) is 2.29. The molecule has 11 heavy (non-hydrogen) atoms. The van der Waals surface area contributed by atoms with Crippen molar-refractivity contribution in [3.8, 4) is 0 Å². The Morgan fingerprint density at radius 1 is 1.64 bits per heavy atom. The zero-order chi connectivity index (χ0) is 7.68. The van der Waals surface area contributed by atoms with Crippen molar-refractivity contribution < 1.29 is 13.9 Å². The molecule has 0 saturated carbocycles. The van der Waals surface area contributed by atoms with Gasteiger partial charge in [-0.05, 0) is 12.1 Å². The Kier molecular flexibility index (Phi) is 1.31. The summed E-state index contributed by atoms with van der Waals surface area (Å²) in [7, 11) is 0. The lowest BCUT2D eigenvalue weighted by Crippen LogP contribution is -2.12. The average Bonchev–Trinajstić information content (AvgIpc) is 2.55. The normalized spacial score (nSPS) is 22.9. The van der Waals surface area contributed by atoms with Crippen molar-refractivity contribution >= 4 is 6.09 Å². The van der Waals surface area contributed by atoms with E-state index < -0.39 is 0 Å². The zero-order valence-corrected chi connectivity index (χ0v) is 5.74. The predicted octanol–water partition coefficient (Wildman–Crippen LogP) is 1.06. The van der Waals surface area contributed by atoms with Crippen molar-refractivity contribution in [1.82, 2.24) is 5.32 Å². The highest BCUT2D eigenvalue weighted by Crippen LogP contribution is 2.20. The molecule has 2 rings (SSSR count). The molecule has 0 aliphatic carbocycles. The molecule has 2 heterocycles. The van der Waals surface area contributed by atoms with Gasteiger partial charge in [-0.1, -0.05) is 0 Å². The number of carbonyl (C=O) groups excluding carboxylic acids is 1. The first-order valence-corrected chi connectivity index (χ1v) is 3.34. The van der Waals surface area contributed by atoms with Crippen LogP contribution in [0.3, 0.4) is 0 Å². The van der Waals surface area contributed by atoms with Crippen LogP contribution in [0.15, 0.2) is 22.8 Å². The summed E-state index contributed by atoms with van der Waals surface area (Å²) < 4.78 is 9.91. The summed E-state index contributed by atoms with van der Waals surface area (Å²) >= 11 is 0. The van der Waals surface area contributed by atoms with E-state index in [0.717, 1.165) is 0 Å². The molecule has 1 amide bonds. The molecule has 1 aromatic heterocycles. The highest BCUT2D eigenvalue weighted by molar-refractivity contribution is 5.69. The molecule has 1 aromatic rings. The smallest absolute Gasteiger partial charge is 0.408 e. The Morgan fingerprint density at radius 3 is 3.09 bits per heavy atom. The van der Waals surface area contributed by atoms with Crippen LogP contribution in [0.2, 0.25) is 0 Å². The van der Waals surface area contributed by atoms with Crippen LogP contribution in [0, 0.1) is 0 Å². The number of hydrogen-bond donors (Lipinski definition) is 1. The minimum absolute atomic E-state index is 0.252. The van der Waals surface area contributed by atoms with Crippen LogP contribution in [0.25, 0.3) is 0 Å². The molecule has 0 unspecified atom stereocenters. The number of ether oxygens (including phenoxy) is 1. The minimum Gasteiger partial charge on any atom is -0.465 e. The lowest BCUT2D eigenvalue weighted by Gasteiger charge is -2.01. The van der Waals surface area contributed by atoms with E-state index >= 15 is 0 Å². The highest BCUT2D eigenvalue weighted by Gasteiger charge is 2.25. The summed E-state index contributed by atoms with van der Waals surface area (Å²) in [6.45, 7) is 0.492. The van der Waals surface area contributed by atoms with E-state index in [9.17, 15) is 4.79 Å². The maximum Gasteiger partial charge on any atom is 0.408 e. The van der Waals surface area contributed by atoms with Gasteiger partial charge in [0.1, 0.15) is 5.76 Å². The van der Waals surface area contributed by atoms with Crippen molar-refractivity contribution in [3.05, 3.63) is 24.2 Å². The van der Waals surface area contributed by atoms with E-state index in [1.54, 1.807) is 18.4 Å². The molecule has 0 spiro atoms. The van der Waals surface area contributed by atoms with Gasteiger partial charge in [-0.2, -0.15) is 0 Å². The van der Waals surface area contributed by atoms with E-state index in [2.05, 4.69) is 5.32 Å². The first-order valence-electron chi connectivity index (χ1n) is 3.34. The second kappa shape index (κ2) is 2.30. The monoisotopic (exact) mass is 153 g/mol. The van der Waals surface area contributed by atoms with Crippen LogP contribution in [0.1, 0.15) is 11.9 Å². The first-order chi connectivity index (χ1) is 5.36. The van der Waals surface area contributed by atoms with Crippen molar-refractivity contribution in [3.63, 3.8) is 0 Å². The van der Waals surface area contributed by atoms with Crippen molar-refractivity contribution in [1.29, 1.82) is 0 Å². The Morgan fingerprint density at radius 2 is 2.55 bits per heavy atom. The Labute approximate surface area is 63.1 Å². The minimum atomic E-state index is -0.383. The van der Waals surface area contributed by atoms with Crippen LogP contribution in [-0.4, -0.2) is 12.6 Å². The van der Waals surface area contributed by atoms with E-state index in [-0.39, 0.29) is 12.2 Å². The zero-order valence-electron chi connectivity index (χ0n) is 5.74. The molecule has 1 fully saturated rings. The largest absolute Gasteiger partial charge is 0.465 e. The summed E-state index contributed by atoms with van der Waals surface area (Å²) in [5.74, 6) is 0.684. The van der Waals surface area contributed by atoms with Gasteiger partial charge in [-0.15, -0.1) is 0 Å². The van der Waals surface area contributed by atoms with Crippen molar-refractivity contribution in [2.24, 2.45) is 0 Å². The third kappa shape index (κ3) is 1.07. The fourth-order valence-corrected chi connectivity index (χ4v) is 1.02. The standard InChI is InChI=1S/C7H7NO3/c9-7-8-4-6(11-7)5-2-1-3-10-5/h1-3,6H,4H2,(H,8,9)/t6-/m1/s1. The van der Waals surface area contributed by atoms with Gasteiger partial charge in [-0.25, -0.2) is 4.79 Å². The maximum absolute atomic E-state index is 10.6. The molecule has 1 aliphatic heterocycles. The molecule has 0 aromatic carbocycles. The van der Waals surface area contributed by atoms with Crippen molar-refractivity contribution in [2.75, 3.05) is 6.54 Å². The molecule has 4 nitrogen and oxygen atoms in total. The lowest BCUT2D eigenvalue weighted by atomic mass is 10.3. The number of rotatable bonds is 1. The number of nitrogens with one attached hydrogen (secondary N) is 1. The summed E-state index contributed by atoms with van der Waals surface area (Å²) in [4.78, 5) is 10.6. The maximum atomic E-state index is 10.6. The van der Waals surface area contributed by atoms with Gasteiger partial charge in [0.15, 0.2) is 6.10 Å². The average molecular weight is 153 g/mol. The van der Waals surface area contributed by atoms with Crippen LogP contribution in [-0.2, 0) is 4.74 Å². The Hall–Kier alpha value is -1.45. The third-order valence-electron chi connectivity index (χ3n) is 1.54. The number of carbonyl (C=O) groups is 1. The molecule has 58 valence electrons. The van der Waals surface area contributed by atoms with Crippen LogP contribution >= 0.6 is 0 Å².